The van der Waals surface area contributed by atoms with Gasteiger partial charge in [-0.2, -0.15) is 21.0 Å². The predicted octanol–water partition coefficient (Wildman–Crippen LogP) is 3.30. The summed E-state index contributed by atoms with van der Waals surface area (Å²) in [5, 5.41) is 46.5. The molecule has 146 valence electrons. The van der Waals surface area contributed by atoms with E-state index < -0.39 is 0 Å². The molecule has 0 saturated carbocycles. The van der Waals surface area contributed by atoms with E-state index in [2.05, 4.69) is 24.3 Å². The number of benzene rings is 1. The molecule has 0 atom stereocenters. The lowest BCUT2D eigenvalue weighted by molar-refractivity contribution is 0.265. The van der Waals surface area contributed by atoms with Crippen LogP contribution in [-0.2, 0) is 13.1 Å². The highest BCUT2D eigenvalue weighted by Gasteiger charge is 2.16. The number of nitriles is 4. The van der Waals surface area contributed by atoms with Crippen molar-refractivity contribution in [1.82, 2.24) is 9.80 Å². The van der Waals surface area contributed by atoms with Gasteiger partial charge in [0.1, 0.15) is 5.75 Å². The van der Waals surface area contributed by atoms with Crippen molar-refractivity contribution in [3.8, 4) is 30.0 Å². The Kier molecular flexibility index (Phi) is 11.1. The fourth-order valence-electron chi connectivity index (χ4n) is 2.81. The molecule has 0 amide bonds. The van der Waals surface area contributed by atoms with Gasteiger partial charge in [0, 0.05) is 81.1 Å². The number of nitrogens with zero attached hydrogens (tertiary/aromatic N) is 6. The summed E-state index contributed by atoms with van der Waals surface area (Å²) in [6, 6.07) is 11.7. The van der Waals surface area contributed by atoms with Crippen molar-refractivity contribution in [2.24, 2.45) is 0 Å². The van der Waals surface area contributed by atoms with Crippen molar-refractivity contribution in [2.45, 2.75) is 38.8 Å². The van der Waals surface area contributed by atoms with Crippen LogP contribution in [0.5, 0.6) is 5.75 Å². The van der Waals surface area contributed by atoms with Gasteiger partial charge in [-0.3, -0.25) is 9.80 Å². The van der Waals surface area contributed by atoms with Crippen LogP contribution in [0.3, 0.4) is 0 Å². The first kappa shape index (κ1) is 23.2. The molecule has 0 unspecified atom stereocenters. The Bertz CT molecular complexity index is 700. The molecule has 7 nitrogen and oxygen atoms in total. The van der Waals surface area contributed by atoms with Crippen molar-refractivity contribution in [2.75, 3.05) is 26.2 Å². The van der Waals surface area contributed by atoms with Gasteiger partial charge in [0.05, 0.1) is 24.3 Å². The third-order valence-electron chi connectivity index (χ3n) is 4.18. The third kappa shape index (κ3) is 8.26. The van der Waals surface area contributed by atoms with Gasteiger partial charge < -0.3 is 5.11 Å². The fraction of sp³-hybridized carbons (Fsp3) is 0.500. The van der Waals surface area contributed by atoms with E-state index in [-0.39, 0.29) is 5.75 Å². The van der Waals surface area contributed by atoms with Gasteiger partial charge in [-0.25, -0.2) is 0 Å². The lowest BCUT2D eigenvalue weighted by atomic mass is 10.1. The van der Waals surface area contributed by atoms with Crippen LogP contribution in [0, 0.1) is 45.3 Å². The molecule has 0 heterocycles. The maximum Gasteiger partial charge on any atom is 0.124 e. The summed E-state index contributed by atoms with van der Waals surface area (Å²) in [6.45, 7) is 2.73. The number of phenols is 1. The highest BCUT2D eigenvalue weighted by atomic mass is 35.5. The summed E-state index contributed by atoms with van der Waals surface area (Å²) >= 11 is 6.25. The minimum Gasteiger partial charge on any atom is -0.507 e. The van der Waals surface area contributed by atoms with Crippen LogP contribution in [0.1, 0.15) is 36.8 Å². The zero-order valence-electron chi connectivity index (χ0n) is 15.7. The van der Waals surface area contributed by atoms with Crippen LogP contribution in [0.4, 0.5) is 0 Å². The molecule has 0 aliphatic rings. The molecular formula is C20H23ClN6O. The molecule has 0 saturated heterocycles. The van der Waals surface area contributed by atoms with Gasteiger partial charge in [0.15, 0.2) is 0 Å². The van der Waals surface area contributed by atoms with Gasteiger partial charge in [-0.15, -0.1) is 0 Å². The molecule has 1 rings (SSSR count). The van der Waals surface area contributed by atoms with Gasteiger partial charge in [-0.05, 0) is 12.1 Å². The Labute approximate surface area is 171 Å². The first-order chi connectivity index (χ1) is 13.5. The van der Waals surface area contributed by atoms with Crippen molar-refractivity contribution in [1.29, 1.82) is 21.0 Å². The molecule has 1 aromatic rings. The topological polar surface area (TPSA) is 122 Å². The van der Waals surface area contributed by atoms with E-state index in [4.69, 9.17) is 32.6 Å². The second-order valence-corrected chi connectivity index (χ2v) is 6.69. The normalized spacial score (nSPS) is 10.2. The Morgan fingerprint density at radius 1 is 0.714 bits per heavy atom. The van der Waals surface area contributed by atoms with Gasteiger partial charge in [-0.1, -0.05) is 11.6 Å². The first-order valence-corrected chi connectivity index (χ1v) is 9.36. The van der Waals surface area contributed by atoms with Crippen LogP contribution in [0.25, 0.3) is 0 Å². The zero-order chi connectivity index (χ0) is 20.8. The second-order valence-electron chi connectivity index (χ2n) is 6.26. The number of hydrogen-bond acceptors (Lipinski definition) is 7. The number of hydrogen-bond donors (Lipinski definition) is 1. The molecule has 0 aromatic heterocycles. The Morgan fingerprint density at radius 3 is 1.32 bits per heavy atom. The predicted molar refractivity (Wildman–Crippen MR) is 105 cm³/mol. The molecule has 0 aliphatic heterocycles. The molecule has 0 aliphatic carbocycles. The molecule has 0 spiro atoms. The van der Waals surface area contributed by atoms with Crippen molar-refractivity contribution < 1.29 is 5.11 Å². The number of halogens is 1. The Balaban J connectivity index is 3.02. The molecule has 8 heteroatoms. The third-order valence-corrected chi connectivity index (χ3v) is 4.40. The minimum absolute atomic E-state index is 0.113. The monoisotopic (exact) mass is 398 g/mol. The van der Waals surface area contributed by atoms with Crippen LogP contribution >= 0.6 is 11.6 Å². The van der Waals surface area contributed by atoms with E-state index in [1.807, 2.05) is 9.80 Å². The smallest absolute Gasteiger partial charge is 0.124 e. The number of rotatable bonds is 12. The summed E-state index contributed by atoms with van der Waals surface area (Å²) in [6.07, 6.45) is 1.32. The van der Waals surface area contributed by atoms with Gasteiger partial charge in [0.25, 0.3) is 0 Å². The van der Waals surface area contributed by atoms with E-state index in [1.165, 1.54) is 0 Å². The van der Waals surface area contributed by atoms with Gasteiger partial charge in [0.2, 0.25) is 0 Å². The van der Waals surface area contributed by atoms with Gasteiger partial charge >= 0.3 is 0 Å². The van der Waals surface area contributed by atoms with E-state index in [0.29, 0.717) is 81.1 Å². The highest BCUT2D eigenvalue weighted by molar-refractivity contribution is 6.30. The molecular weight excluding hydrogens is 376 g/mol. The van der Waals surface area contributed by atoms with Crippen LogP contribution in [0.15, 0.2) is 12.1 Å². The summed E-state index contributed by atoms with van der Waals surface area (Å²) in [5.74, 6) is 0.113. The van der Waals surface area contributed by atoms with E-state index in [9.17, 15) is 5.11 Å². The lowest BCUT2D eigenvalue weighted by Crippen LogP contribution is -2.26. The lowest BCUT2D eigenvalue weighted by Gasteiger charge is -2.24. The van der Waals surface area contributed by atoms with Crippen LogP contribution < -0.4 is 0 Å². The quantitative estimate of drug-likeness (QED) is 0.572. The molecule has 28 heavy (non-hydrogen) atoms. The van der Waals surface area contributed by atoms with Crippen molar-refractivity contribution in [3.63, 3.8) is 0 Å². The maximum atomic E-state index is 10.7. The maximum absolute atomic E-state index is 10.7. The minimum atomic E-state index is 0.113. The zero-order valence-corrected chi connectivity index (χ0v) is 16.5. The fourth-order valence-corrected chi connectivity index (χ4v) is 3.08. The molecule has 0 radical (unpaired) electrons. The van der Waals surface area contributed by atoms with Crippen LogP contribution in [-0.4, -0.2) is 41.1 Å². The molecule has 0 fully saturated rings. The average Bonchev–Trinajstić information content (AvgIpc) is 2.69. The Morgan fingerprint density at radius 2 is 1.04 bits per heavy atom. The molecule has 1 N–H and O–H groups in total. The summed E-state index contributed by atoms with van der Waals surface area (Å²) < 4.78 is 0. The second kappa shape index (κ2) is 13.4. The van der Waals surface area contributed by atoms with Crippen molar-refractivity contribution >= 4 is 11.6 Å². The van der Waals surface area contributed by atoms with E-state index in [0.717, 1.165) is 0 Å². The summed E-state index contributed by atoms with van der Waals surface area (Å²) in [5.41, 5.74) is 1.25. The van der Waals surface area contributed by atoms with Crippen molar-refractivity contribution in [3.05, 3.63) is 28.3 Å². The SMILES string of the molecule is N#CCCN(CCC#N)Cc1cc(Cl)cc(CN(CCC#N)CCC#N)c1O. The average molecular weight is 399 g/mol. The van der Waals surface area contributed by atoms with E-state index >= 15 is 0 Å². The first-order valence-electron chi connectivity index (χ1n) is 8.98. The largest absolute Gasteiger partial charge is 0.507 e. The summed E-state index contributed by atoms with van der Waals surface area (Å²) in [4.78, 5) is 3.87. The number of aromatic hydroxyl groups is 1. The molecule has 0 bridgehead atoms. The van der Waals surface area contributed by atoms with Crippen LogP contribution in [0.2, 0.25) is 5.02 Å². The van der Waals surface area contributed by atoms with E-state index in [1.54, 1.807) is 12.1 Å². The Hall–Kier alpha value is -2.81. The molecule has 1 aromatic carbocycles. The number of phenolic OH excluding ortho intramolecular Hbond substituents is 1. The standard InChI is InChI=1S/C20H23ClN6O/c21-19-13-17(15-26(9-1-5-22)10-2-6-23)20(28)18(14-19)16-27(11-3-7-24)12-4-8-25/h13-14,28H,1-4,9-12,15-16H2. The summed E-state index contributed by atoms with van der Waals surface area (Å²) in [7, 11) is 0. The highest BCUT2D eigenvalue weighted by Crippen LogP contribution is 2.29.